The summed E-state index contributed by atoms with van der Waals surface area (Å²) in [4.78, 5) is 5.89. The van der Waals surface area contributed by atoms with Gasteiger partial charge in [-0.25, -0.2) is 9.38 Å². The summed E-state index contributed by atoms with van der Waals surface area (Å²) in [6.07, 6.45) is 0.988. The monoisotopic (exact) mass is 380 g/mol. The van der Waals surface area contributed by atoms with Gasteiger partial charge in [-0.1, -0.05) is 13.0 Å². The molecule has 0 aliphatic carbocycles. The van der Waals surface area contributed by atoms with Crippen LogP contribution in [0.1, 0.15) is 18.9 Å². The van der Waals surface area contributed by atoms with Gasteiger partial charge in [0.05, 0.1) is 12.2 Å². The number of halogens is 2. The average Bonchev–Trinajstić information content (AvgIpc) is 2.33. The lowest BCUT2D eigenvalue weighted by Gasteiger charge is -2.13. The minimum absolute atomic E-state index is 0. The molecule has 0 saturated carbocycles. The molecule has 1 rings (SSSR count). The third kappa shape index (κ3) is 6.09. The van der Waals surface area contributed by atoms with Crippen molar-refractivity contribution < 1.29 is 4.39 Å². The summed E-state index contributed by atoms with van der Waals surface area (Å²) in [5, 5.41) is 2.97. The number of hydrogen-bond acceptors (Lipinski definition) is 2. The summed E-state index contributed by atoms with van der Waals surface area (Å²) < 4.78 is 13.7. The van der Waals surface area contributed by atoms with Gasteiger partial charge in [0.25, 0.3) is 0 Å². The van der Waals surface area contributed by atoms with Crippen molar-refractivity contribution in [2.45, 2.75) is 19.9 Å². The minimum atomic E-state index is -0.243. The summed E-state index contributed by atoms with van der Waals surface area (Å²) >= 11 is 0. The first kappa shape index (κ1) is 17.9. The third-order valence-electron chi connectivity index (χ3n) is 2.48. The number of nitrogens with two attached hydrogens (primary N) is 1. The van der Waals surface area contributed by atoms with Gasteiger partial charge < -0.3 is 16.0 Å². The lowest BCUT2D eigenvalue weighted by Crippen LogP contribution is -2.32. The normalized spacial score (nSPS) is 10.8. The topological polar surface area (TPSA) is 53.6 Å². The van der Waals surface area contributed by atoms with Gasteiger partial charge in [-0.05, 0) is 24.1 Å². The Morgan fingerprint density at radius 2 is 2.11 bits per heavy atom. The van der Waals surface area contributed by atoms with Crippen molar-refractivity contribution in [1.29, 1.82) is 0 Å². The van der Waals surface area contributed by atoms with Crippen LogP contribution in [0.25, 0.3) is 0 Å². The molecular formula is C13H22FIN4. The maximum absolute atomic E-state index is 13.7. The predicted molar refractivity (Wildman–Crippen MR) is 89.8 cm³/mol. The SMILES string of the molecule is CCCNC(N)=NCc1ccc(N(C)C)c(F)c1.I. The second kappa shape index (κ2) is 8.95. The smallest absolute Gasteiger partial charge is 0.188 e. The van der Waals surface area contributed by atoms with Gasteiger partial charge >= 0.3 is 0 Å². The van der Waals surface area contributed by atoms with E-state index in [-0.39, 0.29) is 29.8 Å². The van der Waals surface area contributed by atoms with E-state index in [0.29, 0.717) is 18.2 Å². The van der Waals surface area contributed by atoms with E-state index in [1.807, 2.05) is 20.2 Å². The van der Waals surface area contributed by atoms with E-state index in [2.05, 4.69) is 17.2 Å². The molecule has 0 bridgehead atoms. The lowest BCUT2D eigenvalue weighted by atomic mass is 10.2. The molecule has 0 heterocycles. The van der Waals surface area contributed by atoms with Crippen molar-refractivity contribution in [2.24, 2.45) is 10.7 Å². The molecule has 0 fully saturated rings. The van der Waals surface area contributed by atoms with Crippen molar-refractivity contribution in [3.8, 4) is 0 Å². The predicted octanol–water partition coefficient (Wildman–Crippen LogP) is 2.32. The Kier molecular flexibility index (Phi) is 8.46. The lowest BCUT2D eigenvalue weighted by molar-refractivity contribution is 0.624. The van der Waals surface area contributed by atoms with Crippen LogP contribution in [-0.4, -0.2) is 26.6 Å². The highest BCUT2D eigenvalue weighted by atomic mass is 127. The van der Waals surface area contributed by atoms with Crippen molar-refractivity contribution in [1.82, 2.24) is 5.32 Å². The Hall–Kier alpha value is -1.05. The number of benzene rings is 1. The standard InChI is InChI=1S/C13H21FN4.HI/c1-4-7-16-13(15)17-9-10-5-6-12(18(2)3)11(14)8-10;/h5-6,8H,4,7,9H2,1-3H3,(H3,15,16,17);1H. The molecule has 0 atom stereocenters. The molecular weight excluding hydrogens is 358 g/mol. The highest BCUT2D eigenvalue weighted by Crippen LogP contribution is 2.18. The summed E-state index contributed by atoms with van der Waals surface area (Å²) in [5.41, 5.74) is 7.03. The Morgan fingerprint density at radius 3 is 2.63 bits per heavy atom. The van der Waals surface area contributed by atoms with Gasteiger partial charge in [0.2, 0.25) is 0 Å². The second-order valence-electron chi connectivity index (χ2n) is 4.31. The van der Waals surface area contributed by atoms with E-state index in [9.17, 15) is 4.39 Å². The minimum Gasteiger partial charge on any atom is -0.375 e. The van der Waals surface area contributed by atoms with Crippen LogP contribution in [0.4, 0.5) is 10.1 Å². The Morgan fingerprint density at radius 1 is 1.42 bits per heavy atom. The summed E-state index contributed by atoms with van der Waals surface area (Å²) in [6, 6.07) is 5.09. The van der Waals surface area contributed by atoms with E-state index in [1.165, 1.54) is 6.07 Å². The van der Waals surface area contributed by atoms with Crippen molar-refractivity contribution >= 4 is 35.6 Å². The fourth-order valence-electron chi connectivity index (χ4n) is 1.50. The van der Waals surface area contributed by atoms with Crippen molar-refractivity contribution in [3.63, 3.8) is 0 Å². The Bertz CT molecular complexity index is 421. The van der Waals surface area contributed by atoms with Crippen molar-refractivity contribution in [2.75, 3.05) is 25.5 Å². The molecule has 4 nitrogen and oxygen atoms in total. The van der Waals surface area contributed by atoms with E-state index in [0.717, 1.165) is 18.5 Å². The number of hydrogen-bond donors (Lipinski definition) is 2. The number of nitrogens with one attached hydrogen (secondary N) is 1. The number of anilines is 1. The van der Waals surface area contributed by atoms with E-state index in [4.69, 9.17) is 5.73 Å². The Balaban J connectivity index is 0.00000324. The number of rotatable bonds is 5. The Labute approximate surface area is 131 Å². The van der Waals surface area contributed by atoms with Crippen LogP contribution in [0.2, 0.25) is 0 Å². The molecule has 0 aliphatic rings. The van der Waals surface area contributed by atoms with Gasteiger partial charge in [-0.3, -0.25) is 0 Å². The van der Waals surface area contributed by atoms with E-state index >= 15 is 0 Å². The molecule has 0 aromatic heterocycles. The quantitative estimate of drug-likeness (QED) is 0.469. The molecule has 0 aliphatic heterocycles. The van der Waals surface area contributed by atoms with Crippen molar-refractivity contribution in [3.05, 3.63) is 29.6 Å². The highest BCUT2D eigenvalue weighted by Gasteiger charge is 2.04. The maximum atomic E-state index is 13.7. The molecule has 0 unspecified atom stereocenters. The molecule has 1 aromatic carbocycles. The van der Waals surface area contributed by atoms with E-state index in [1.54, 1.807) is 11.0 Å². The van der Waals surface area contributed by atoms with Crippen LogP contribution in [0.5, 0.6) is 0 Å². The first-order valence-electron chi connectivity index (χ1n) is 6.04. The van der Waals surface area contributed by atoms with E-state index < -0.39 is 0 Å². The maximum Gasteiger partial charge on any atom is 0.188 e. The van der Waals surface area contributed by atoms with Gasteiger partial charge in [-0.15, -0.1) is 24.0 Å². The largest absolute Gasteiger partial charge is 0.375 e. The molecule has 6 heteroatoms. The molecule has 108 valence electrons. The molecule has 1 aromatic rings. The number of nitrogens with zero attached hydrogens (tertiary/aromatic N) is 2. The van der Waals surface area contributed by atoms with Crippen LogP contribution in [-0.2, 0) is 6.54 Å². The molecule has 0 spiro atoms. The zero-order valence-electron chi connectivity index (χ0n) is 11.6. The van der Waals surface area contributed by atoms with Crippen LogP contribution in [0.15, 0.2) is 23.2 Å². The number of guanidine groups is 1. The highest BCUT2D eigenvalue weighted by molar-refractivity contribution is 14.0. The van der Waals surface area contributed by atoms with Gasteiger partial charge in [0, 0.05) is 20.6 Å². The fraction of sp³-hybridized carbons (Fsp3) is 0.462. The first-order chi connectivity index (χ1) is 8.54. The molecule has 3 N–H and O–H groups in total. The van der Waals surface area contributed by atoms with Crippen LogP contribution in [0.3, 0.4) is 0 Å². The van der Waals surface area contributed by atoms with Crippen LogP contribution >= 0.6 is 24.0 Å². The second-order valence-corrected chi connectivity index (χ2v) is 4.31. The average molecular weight is 380 g/mol. The third-order valence-corrected chi connectivity index (χ3v) is 2.48. The number of aliphatic imine (C=N–C) groups is 1. The summed E-state index contributed by atoms with van der Waals surface area (Å²) in [5.74, 6) is 0.154. The van der Waals surface area contributed by atoms with Gasteiger partial charge in [0.15, 0.2) is 5.96 Å². The molecule has 19 heavy (non-hydrogen) atoms. The summed E-state index contributed by atoms with van der Waals surface area (Å²) in [6.45, 7) is 3.23. The van der Waals surface area contributed by atoms with Crippen LogP contribution in [0, 0.1) is 5.82 Å². The van der Waals surface area contributed by atoms with Gasteiger partial charge in [-0.2, -0.15) is 0 Å². The fourth-order valence-corrected chi connectivity index (χ4v) is 1.50. The van der Waals surface area contributed by atoms with Gasteiger partial charge in [0.1, 0.15) is 5.82 Å². The molecule has 0 amide bonds. The molecule has 0 saturated heterocycles. The molecule has 0 radical (unpaired) electrons. The zero-order valence-corrected chi connectivity index (χ0v) is 13.9. The first-order valence-corrected chi connectivity index (χ1v) is 6.04. The van der Waals surface area contributed by atoms with Crippen LogP contribution < -0.4 is 16.0 Å². The zero-order chi connectivity index (χ0) is 13.5. The summed E-state index contributed by atoms with van der Waals surface area (Å²) in [7, 11) is 3.62.